The molecule has 100 valence electrons. The van der Waals surface area contributed by atoms with E-state index in [0.717, 1.165) is 5.92 Å². The zero-order chi connectivity index (χ0) is 12.8. The summed E-state index contributed by atoms with van der Waals surface area (Å²) in [5, 5.41) is 3.56. The van der Waals surface area contributed by atoms with E-state index in [2.05, 4.69) is 59.2 Å². The molecule has 0 saturated heterocycles. The lowest BCUT2D eigenvalue weighted by molar-refractivity contribution is 0.332. The number of halogens is 1. The molecule has 0 heterocycles. The van der Waals surface area contributed by atoms with Crippen molar-refractivity contribution < 1.29 is 0 Å². The first-order valence-electron chi connectivity index (χ1n) is 7.21. The summed E-state index contributed by atoms with van der Waals surface area (Å²) in [6, 6.07) is 9.65. The van der Waals surface area contributed by atoms with Gasteiger partial charge < -0.3 is 5.32 Å². The van der Waals surface area contributed by atoms with Crippen LogP contribution in [-0.2, 0) is 6.42 Å². The lowest BCUT2D eigenvalue weighted by Crippen LogP contribution is -2.35. The molecule has 0 radical (unpaired) electrons. The number of benzene rings is 1. The SMILES string of the molecule is CNC(Cc1ccc(I)cc1)C1CCCCCC1. The van der Waals surface area contributed by atoms with Gasteiger partial charge in [0, 0.05) is 9.61 Å². The molecule has 2 rings (SSSR count). The largest absolute Gasteiger partial charge is 0.316 e. The Morgan fingerprint density at radius 3 is 2.28 bits per heavy atom. The van der Waals surface area contributed by atoms with Crippen LogP contribution in [0.4, 0.5) is 0 Å². The van der Waals surface area contributed by atoms with E-state index in [4.69, 9.17) is 0 Å². The highest BCUT2D eigenvalue weighted by molar-refractivity contribution is 14.1. The van der Waals surface area contributed by atoms with Crippen molar-refractivity contribution in [2.24, 2.45) is 5.92 Å². The average Bonchev–Trinajstić information content (AvgIpc) is 2.67. The van der Waals surface area contributed by atoms with Gasteiger partial charge >= 0.3 is 0 Å². The second kappa shape index (κ2) is 7.49. The van der Waals surface area contributed by atoms with Crippen molar-refractivity contribution in [2.45, 2.75) is 51.0 Å². The first kappa shape index (κ1) is 14.3. The van der Waals surface area contributed by atoms with Crippen LogP contribution in [0.1, 0.15) is 44.1 Å². The topological polar surface area (TPSA) is 12.0 Å². The van der Waals surface area contributed by atoms with E-state index in [0.29, 0.717) is 6.04 Å². The van der Waals surface area contributed by atoms with Crippen LogP contribution >= 0.6 is 22.6 Å². The Bertz CT molecular complexity index is 339. The van der Waals surface area contributed by atoms with Crippen molar-refractivity contribution in [3.05, 3.63) is 33.4 Å². The molecule has 18 heavy (non-hydrogen) atoms. The third kappa shape index (κ3) is 4.23. The van der Waals surface area contributed by atoms with Gasteiger partial charge in [-0.3, -0.25) is 0 Å². The van der Waals surface area contributed by atoms with Crippen LogP contribution in [0.5, 0.6) is 0 Å². The average molecular weight is 357 g/mol. The van der Waals surface area contributed by atoms with E-state index in [9.17, 15) is 0 Å². The summed E-state index contributed by atoms with van der Waals surface area (Å²) in [5.41, 5.74) is 1.47. The van der Waals surface area contributed by atoms with E-state index in [-0.39, 0.29) is 0 Å². The van der Waals surface area contributed by atoms with Crippen molar-refractivity contribution in [1.29, 1.82) is 0 Å². The minimum atomic E-state index is 0.656. The molecule has 2 heteroatoms. The van der Waals surface area contributed by atoms with Gasteiger partial charge in [0.25, 0.3) is 0 Å². The molecule has 1 N–H and O–H groups in total. The fourth-order valence-corrected chi connectivity index (χ4v) is 3.45. The van der Waals surface area contributed by atoms with Crippen LogP contribution < -0.4 is 5.32 Å². The van der Waals surface area contributed by atoms with Crippen molar-refractivity contribution in [3.63, 3.8) is 0 Å². The fourth-order valence-electron chi connectivity index (χ4n) is 3.09. The lowest BCUT2D eigenvalue weighted by Gasteiger charge is -2.26. The molecule has 1 nitrogen and oxygen atoms in total. The van der Waals surface area contributed by atoms with Gasteiger partial charge in [-0.1, -0.05) is 37.8 Å². The van der Waals surface area contributed by atoms with Gasteiger partial charge in [0.05, 0.1) is 0 Å². The Labute approximate surface area is 125 Å². The summed E-state index contributed by atoms with van der Waals surface area (Å²) >= 11 is 2.37. The molecule has 0 aliphatic heterocycles. The highest BCUT2D eigenvalue weighted by atomic mass is 127. The summed E-state index contributed by atoms with van der Waals surface area (Å²) in [4.78, 5) is 0. The zero-order valence-corrected chi connectivity index (χ0v) is 13.4. The summed E-state index contributed by atoms with van der Waals surface area (Å²) in [6.07, 6.45) is 9.74. The molecule has 1 aromatic rings. The second-order valence-electron chi connectivity index (χ2n) is 5.48. The first-order chi connectivity index (χ1) is 8.79. The van der Waals surface area contributed by atoms with Gasteiger partial charge in [-0.05, 0) is 72.5 Å². The minimum absolute atomic E-state index is 0.656. The molecule has 1 aromatic carbocycles. The minimum Gasteiger partial charge on any atom is -0.316 e. The van der Waals surface area contributed by atoms with Gasteiger partial charge in [-0.25, -0.2) is 0 Å². The monoisotopic (exact) mass is 357 g/mol. The maximum absolute atomic E-state index is 3.56. The van der Waals surface area contributed by atoms with Crippen LogP contribution in [0.25, 0.3) is 0 Å². The van der Waals surface area contributed by atoms with Crippen molar-refractivity contribution in [1.82, 2.24) is 5.32 Å². The Morgan fingerprint density at radius 2 is 1.72 bits per heavy atom. The fraction of sp³-hybridized carbons (Fsp3) is 0.625. The Morgan fingerprint density at radius 1 is 1.11 bits per heavy atom. The van der Waals surface area contributed by atoms with Crippen LogP contribution in [0, 0.1) is 9.49 Å². The quantitative estimate of drug-likeness (QED) is 0.623. The summed E-state index contributed by atoms with van der Waals surface area (Å²) in [5.74, 6) is 0.872. The standard InChI is InChI=1S/C16H24IN/c1-18-16(14-6-4-2-3-5-7-14)12-13-8-10-15(17)11-9-13/h8-11,14,16,18H,2-7,12H2,1H3. The number of likely N-dealkylation sites (N-methyl/N-ethyl adjacent to an activating group) is 1. The van der Waals surface area contributed by atoms with E-state index in [1.54, 1.807) is 0 Å². The zero-order valence-electron chi connectivity index (χ0n) is 11.3. The molecule has 0 amide bonds. The van der Waals surface area contributed by atoms with Gasteiger partial charge in [0.1, 0.15) is 0 Å². The van der Waals surface area contributed by atoms with E-state index >= 15 is 0 Å². The van der Waals surface area contributed by atoms with Crippen LogP contribution in [0.2, 0.25) is 0 Å². The Hall–Kier alpha value is -0.0900. The molecular weight excluding hydrogens is 333 g/mol. The van der Waals surface area contributed by atoms with Gasteiger partial charge in [0.2, 0.25) is 0 Å². The molecule has 0 bridgehead atoms. The molecule has 1 atom stereocenters. The predicted octanol–water partition coefficient (Wildman–Crippen LogP) is 4.39. The molecular formula is C16H24IN. The Kier molecular flexibility index (Phi) is 5.96. The van der Waals surface area contributed by atoms with E-state index < -0.39 is 0 Å². The van der Waals surface area contributed by atoms with Gasteiger partial charge in [-0.2, -0.15) is 0 Å². The van der Waals surface area contributed by atoms with E-state index in [1.807, 2.05) is 0 Å². The number of rotatable bonds is 4. The predicted molar refractivity (Wildman–Crippen MR) is 86.9 cm³/mol. The summed E-state index contributed by atoms with van der Waals surface area (Å²) in [6.45, 7) is 0. The molecule has 1 aliphatic rings. The molecule has 1 unspecified atom stereocenters. The lowest BCUT2D eigenvalue weighted by atomic mass is 9.88. The van der Waals surface area contributed by atoms with Crippen LogP contribution in [0.15, 0.2) is 24.3 Å². The second-order valence-corrected chi connectivity index (χ2v) is 6.72. The van der Waals surface area contributed by atoms with Crippen molar-refractivity contribution in [2.75, 3.05) is 7.05 Å². The maximum Gasteiger partial charge on any atom is 0.0133 e. The highest BCUT2D eigenvalue weighted by Gasteiger charge is 2.21. The normalized spacial score (nSPS) is 19.4. The van der Waals surface area contributed by atoms with Crippen molar-refractivity contribution in [3.8, 4) is 0 Å². The molecule has 1 saturated carbocycles. The highest BCUT2D eigenvalue weighted by Crippen LogP contribution is 2.27. The smallest absolute Gasteiger partial charge is 0.0133 e. The third-order valence-corrected chi connectivity index (χ3v) is 4.93. The third-order valence-electron chi connectivity index (χ3n) is 4.21. The van der Waals surface area contributed by atoms with Crippen LogP contribution in [-0.4, -0.2) is 13.1 Å². The molecule has 0 aromatic heterocycles. The summed E-state index contributed by atoms with van der Waals surface area (Å²) < 4.78 is 1.33. The van der Waals surface area contributed by atoms with Crippen LogP contribution in [0.3, 0.4) is 0 Å². The first-order valence-corrected chi connectivity index (χ1v) is 8.29. The van der Waals surface area contributed by atoms with Gasteiger partial charge in [-0.15, -0.1) is 0 Å². The van der Waals surface area contributed by atoms with Gasteiger partial charge in [0.15, 0.2) is 0 Å². The molecule has 1 aliphatic carbocycles. The van der Waals surface area contributed by atoms with Crippen molar-refractivity contribution >= 4 is 22.6 Å². The molecule has 0 spiro atoms. The van der Waals surface area contributed by atoms with E-state index in [1.165, 1.54) is 54.1 Å². The number of hydrogen-bond donors (Lipinski definition) is 1. The molecule has 1 fully saturated rings. The Balaban J connectivity index is 1.97. The number of nitrogens with one attached hydrogen (secondary N) is 1. The summed E-state index contributed by atoms with van der Waals surface area (Å²) in [7, 11) is 2.13. The maximum atomic E-state index is 3.56. The number of hydrogen-bond acceptors (Lipinski definition) is 1.